The van der Waals surface area contributed by atoms with Crippen molar-refractivity contribution in [2.45, 2.75) is 64.5 Å². The summed E-state index contributed by atoms with van der Waals surface area (Å²) in [6, 6.07) is 12.6. The van der Waals surface area contributed by atoms with Gasteiger partial charge in [-0.2, -0.15) is 4.37 Å². The largest absolute Gasteiger partial charge is 0.467 e. The Hall–Kier alpha value is -2.67. The summed E-state index contributed by atoms with van der Waals surface area (Å²) in [4.78, 5) is 19.4. The van der Waals surface area contributed by atoms with Crippen molar-refractivity contribution in [1.29, 1.82) is 0 Å². The monoisotopic (exact) mass is 438 g/mol. The van der Waals surface area contributed by atoms with Gasteiger partial charge in [0.2, 0.25) is 11.0 Å². The summed E-state index contributed by atoms with van der Waals surface area (Å²) in [7, 11) is 0. The molecule has 0 aliphatic heterocycles. The van der Waals surface area contributed by atoms with Crippen LogP contribution < -0.4 is 10.2 Å². The first-order valence-electron chi connectivity index (χ1n) is 11.1. The van der Waals surface area contributed by atoms with Crippen molar-refractivity contribution in [1.82, 2.24) is 14.7 Å². The third-order valence-corrected chi connectivity index (χ3v) is 6.53. The third-order valence-electron chi connectivity index (χ3n) is 5.72. The number of carbonyl (C=O) groups excluding carboxylic acids is 1. The highest BCUT2D eigenvalue weighted by molar-refractivity contribution is 7.09. The molecule has 1 aliphatic carbocycles. The third kappa shape index (κ3) is 6.40. The maximum Gasteiger partial charge on any atom is 0.221 e. The number of rotatable bonds is 9. The van der Waals surface area contributed by atoms with Crippen LogP contribution in [-0.4, -0.2) is 27.9 Å². The molecule has 0 atom stereocenters. The number of amides is 1. The van der Waals surface area contributed by atoms with E-state index in [9.17, 15) is 4.79 Å². The van der Waals surface area contributed by atoms with Crippen LogP contribution >= 0.6 is 11.5 Å². The molecule has 0 unspecified atom stereocenters. The van der Waals surface area contributed by atoms with Crippen LogP contribution in [0.2, 0.25) is 0 Å². The first-order chi connectivity index (χ1) is 15.2. The normalized spacial score (nSPS) is 14.5. The minimum atomic E-state index is 0.112. The molecule has 1 saturated carbocycles. The number of hydrogen-bond acceptors (Lipinski definition) is 6. The van der Waals surface area contributed by atoms with E-state index in [1.54, 1.807) is 6.26 Å². The number of hydrogen-bond donors (Lipinski definition) is 1. The molecule has 1 aliphatic rings. The Morgan fingerprint density at radius 3 is 2.74 bits per heavy atom. The highest BCUT2D eigenvalue weighted by Gasteiger charge is 2.19. The average molecular weight is 439 g/mol. The molecule has 4 rings (SSSR count). The molecule has 164 valence electrons. The van der Waals surface area contributed by atoms with Gasteiger partial charge >= 0.3 is 0 Å². The molecule has 3 aromatic rings. The summed E-state index contributed by atoms with van der Waals surface area (Å²) < 4.78 is 10.1. The van der Waals surface area contributed by atoms with E-state index in [0.717, 1.165) is 29.6 Å². The lowest BCUT2D eigenvalue weighted by atomic mass is 9.95. The Kier molecular flexibility index (Phi) is 7.35. The van der Waals surface area contributed by atoms with Crippen LogP contribution in [0.4, 0.5) is 5.13 Å². The summed E-state index contributed by atoms with van der Waals surface area (Å²) >= 11 is 1.38. The molecule has 0 saturated heterocycles. The molecule has 6 nitrogen and oxygen atoms in total. The summed E-state index contributed by atoms with van der Waals surface area (Å²) in [6.07, 6.45) is 8.71. The van der Waals surface area contributed by atoms with Gasteiger partial charge < -0.3 is 14.6 Å². The molecule has 0 spiro atoms. The fourth-order valence-electron chi connectivity index (χ4n) is 3.95. The molecule has 2 aromatic heterocycles. The fourth-order valence-corrected chi connectivity index (χ4v) is 4.66. The van der Waals surface area contributed by atoms with Crippen LogP contribution in [0.3, 0.4) is 0 Å². The smallest absolute Gasteiger partial charge is 0.221 e. The highest BCUT2D eigenvalue weighted by atomic mass is 32.1. The Bertz CT molecular complexity index is 946. The first kappa shape index (κ1) is 21.6. The van der Waals surface area contributed by atoms with Gasteiger partial charge in [-0.15, -0.1) is 0 Å². The van der Waals surface area contributed by atoms with Gasteiger partial charge in [0.15, 0.2) is 0 Å². The van der Waals surface area contributed by atoms with Crippen molar-refractivity contribution in [3.8, 4) is 0 Å². The van der Waals surface area contributed by atoms with Crippen molar-refractivity contribution < 1.29 is 9.21 Å². The zero-order valence-electron chi connectivity index (χ0n) is 18.0. The van der Waals surface area contributed by atoms with E-state index in [2.05, 4.69) is 45.8 Å². The lowest BCUT2D eigenvalue weighted by Gasteiger charge is -2.24. The van der Waals surface area contributed by atoms with E-state index in [1.165, 1.54) is 41.9 Å². The van der Waals surface area contributed by atoms with Crippen LogP contribution in [0.25, 0.3) is 0 Å². The van der Waals surface area contributed by atoms with Crippen LogP contribution in [0.1, 0.15) is 61.2 Å². The SMILES string of the molecule is Cc1ccc(Cc2nsc(N(CCC(=O)NC3CCCCC3)Cc3ccco3)n2)cc1. The summed E-state index contributed by atoms with van der Waals surface area (Å²) in [5.41, 5.74) is 2.44. The number of anilines is 1. The van der Waals surface area contributed by atoms with Gasteiger partial charge in [0.1, 0.15) is 11.6 Å². The Morgan fingerprint density at radius 1 is 1.19 bits per heavy atom. The standard InChI is InChI=1S/C24H30N4O2S/c1-18-9-11-19(12-10-18)16-22-26-24(31-27-22)28(17-21-8-5-15-30-21)14-13-23(29)25-20-6-3-2-4-7-20/h5,8-12,15,20H,2-4,6-7,13-14,16-17H2,1H3,(H,25,29). The molecule has 7 heteroatoms. The van der Waals surface area contributed by atoms with Crippen molar-refractivity contribution in [2.24, 2.45) is 0 Å². The Morgan fingerprint density at radius 2 is 2.00 bits per heavy atom. The molecule has 1 aromatic carbocycles. The minimum absolute atomic E-state index is 0.112. The predicted octanol–water partition coefficient (Wildman–Crippen LogP) is 4.88. The van der Waals surface area contributed by atoms with Gasteiger partial charge in [-0.25, -0.2) is 4.98 Å². The lowest BCUT2D eigenvalue weighted by molar-refractivity contribution is -0.121. The van der Waals surface area contributed by atoms with Crippen LogP contribution in [-0.2, 0) is 17.8 Å². The molecular weight excluding hydrogens is 408 g/mol. The molecular formula is C24H30N4O2S. The van der Waals surface area contributed by atoms with Crippen molar-refractivity contribution in [3.63, 3.8) is 0 Å². The average Bonchev–Trinajstić information content (AvgIpc) is 3.46. The summed E-state index contributed by atoms with van der Waals surface area (Å²) in [5, 5.41) is 4.03. The van der Waals surface area contributed by atoms with Gasteiger partial charge in [-0.1, -0.05) is 49.1 Å². The van der Waals surface area contributed by atoms with E-state index < -0.39 is 0 Å². The summed E-state index contributed by atoms with van der Waals surface area (Å²) in [5.74, 6) is 1.77. The number of aromatic nitrogens is 2. The summed E-state index contributed by atoms with van der Waals surface area (Å²) in [6.45, 7) is 3.24. The molecule has 1 N–H and O–H groups in total. The maximum atomic E-state index is 12.5. The number of aryl methyl sites for hydroxylation is 1. The lowest BCUT2D eigenvalue weighted by Crippen LogP contribution is -2.38. The number of benzene rings is 1. The number of furan rings is 1. The van der Waals surface area contributed by atoms with Crippen molar-refractivity contribution >= 4 is 22.6 Å². The molecule has 2 heterocycles. The van der Waals surface area contributed by atoms with E-state index in [0.29, 0.717) is 32.0 Å². The zero-order chi connectivity index (χ0) is 21.5. The van der Waals surface area contributed by atoms with E-state index in [-0.39, 0.29) is 5.91 Å². The van der Waals surface area contributed by atoms with E-state index in [1.807, 2.05) is 12.1 Å². The van der Waals surface area contributed by atoms with Crippen molar-refractivity contribution in [3.05, 3.63) is 65.4 Å². The second-order valence-electron chi connectivity index (χ2n) is 8.31. The topological polar surface area (TPSA) is 71.3 Å². The zero-order valence-corrected chi connectivity index (χ0v) is 18.9. The van der Waals surface area contributed by atoms with Crippen molar-refractivity contribution in [2.75, 3.05) is 11.4 Å². The highest BCUT2D eigenvalue weighted by Crippen LogP contribution is 2.22. The first-order valence-corrected chi connectivity index (χ1v) is 11.9. The molecule has 1 amide bonds. The number of nitrogens with one attached hydrogen (secondary N) is 1. The van der Waals surface area contributed by atoms with Gasteiger partial charge in [0, 0.05) is 37.0 Å². The Labute approximate surface area is 187 Å². The predicted molar refractivity (Wildman–Crippen MR) is 123 cm³/mol. The molecule has 0 radical (unpaired) electrons. The number of nitrogens with zero attached hydrogens (tertiary/aromatic N) is 3. The second-order valence-corrected chi connectivity index (χ2v) is 9.04. The number of carbonyl (C=O) groups is 1. The maximum absolute atomic E-state index is 12.5. The molecule has 31 heavy (non-hydrogen) atoms. The van der Waals surface area contributed by atoms with Gasteiger partial charge in [-0.3, -0.25) is 4.79 Å². The molecule has 1 fully saturated rings. The Balaban J connectivity index is 1.39. The fraction of sp³-hybridized carbons (Fsp3) is 0.458. The van der Waals surface area contributed by atoms with Crippen LogP contribution in [0.5, 0.6) is 0 Å². The van der Waals surface area contributed by atoms with E-state index >= 15 is 0 Å². The van der Waals surface area contributed by atoms with Gasteiger partial charge in [-0.05, 0) is 37.5 Å². The van der Waals surface area contributed by atoms with Gasteiger partial charge in [0.25, 0.3) is 0 Å². The minimum Gasteiger partial charge on any atom is -0.467 e. The van der Waals surface area contributed by atoms with E-state index in [4.69, 9.17) is 9.40 Å². The second kappa shape index (κ2) is 10.6. The quantitative estimate of drug-likeness (QED) is 0.516. The molecule has 0 bridgehead atoms. The van der Waals surface area contributed by atoms with Crippen LogP contribution in [0, 0.1) is 6.92 Å². The van der Waals surface area contributed by atoms with Gasteiger partial charge in [0.05, 0.1) is 12.8 Å². The van der Waals surface area contributed by atoms with Crippen LogP contribution in [0.15, 0.2) is 47.1 Å².